The lowest BCUT2D eigenvalue weighted by Crippen LogP contribution is -2.27. The minimum absolute atomic E-state index is 0.0217. The Hall–Kier alpha value is -2.94. The summed E-state index contributed by atoms with van der Waals surface area (Å²) in [6, 6.07) is 4.01. The fraction of sp³-hybridized carbons (Fsp3) is 0.545. The molecule has 0 saturated heterocycles. The van der Waals surface area contributed by atoms with Crippen LogP contribution < -0.4 is 20.9 Å². The van der Waals surface area contributed by atoms with Crippen LogP contribution in [0.25, 0.3) is 0 Å². The molecule has 0 aromatic carbocycles. The fourth-order valence-electron chi connectivity index (χ4n) is 3.52. The summed E-state index contributed by atoms with van der Waals surface area (Å²) < 4.78 is 0. The average Bonchev–Trinajstić information content (AvgIpc) is 3.04. The first-order chi connectivity index (χ1) is 14.9. The van der Waals surface area contributed by atoms with Crippen molar-refractivity contribution in [3.8, 4) is 0 Å². The molecule has 168 valence electrons. The smallest absolute Gasteiger partial charge is 0.233 e. The number of nitrogens with two attached hydrogens (primary N) is 1. The van der Waals surface area contributed by atoms with Crippen molar-refractivity contribution >= 4 is 29.3 Å². The molecular weight excluding hydrogens is 392 g/mol. The molecule has 2 aromatic rings. The number of nitrogen functional groups attached to an aromatic ring is 1. The Bertz CT molecular complexity index is 884. The first kappa shape index (κ1) is 22.7. The summed E-state index contributed by atoms with van der Waals surface area (Å²) in [5, 5.41) is 3.20. The number of carbonyl (C=O) groups is 1. The number of nitrogens with zero attached hydrogens (tertiary/aromatic N) is 6. The molecule has 1 amide bonds. The predicted octanol–water partition coefficient (Wildman–Crippen LogP) is 2.14. The number of carbonyl (C=O) groups excluding carboxylic acids is 1. The van der Waals surface area contributed by atoms with Crippen molar-refractivity contribution in [2.24, 2.45) is 0 Å². The standard InChI is InChI=1S/C22H34N8O/c1-5-6-10-24-22-26-20(23)17-13-19(31)30(21(17)27-22)15-16-8-9-18(25-14-16)29(4)12-7-11-28(2)3/h8-9,14H,5-7,10-13,15H2,1-4H3,(H3,23,24,26,27). The van der Waals surface area contributed by atoms with E-state index in [9.17, 15) is 4.79 Å². The number of amides is 1. The third kappa shape index (κ3) is 5.81. The molecule has 3 heterocycles. The van der Waals surface area contributed by atoms with Crippen LogP contribution in [0, 0.1) is 0 Å². The van der Waals surface area contributed by atoms with Gasteiger partial charge >= 0.3 is 0 Å². The van der Waals surface area contributed by atoms with Crippen molar-refractivity contribution in [1.82, 2.24) is 19.9 Å². The summed E-state index contributed by atoms with van der Waals surface area (Å²) in [6.07, 6.45) is 5.22. The predicted molar refractivity (Wildman–Crippen MR) is 125 cm³/mol. The van der Waals surface area contributed by atoms with Gasteiger partial charge in [0.25, 0.3) is 0 Å². The molecular formula is C22H34N8O. The molecule has 2 aromatic heterocycles. The van der Waals surface area contributed by atoms with Gasteiger partial charge in [0, 0.05) is 31.9 Å². The second kappa shape index (κ2) is 10.4. The van der Waals surface area contributed by atoms with Gasteiger partial charge in [0.2, 0.25) is 11.9 Å². The molecule has 0 saturated carbocycles. The third-order valence-corrected chi connectivity index (χ3v) is 5.36. The molecule has 0 atom stereocenters. The quantitative estimate of drug-likeness (QED) is 0.527. The SMILES string of the molecule is CCCCNc1nc(N)c2c(n1)N(Cc1ccc(N(C)CCCN(C)C)nc1)C(=O)C2. The van der Waals surface area contributed by atoms with Gasteiger partial charge in [0.15, 0.2) is 0 Å². The number of unbranched alkanes of at least 4 members (excludes halogenated alkanes) is 1. The van der Waals surface area contributed by atoms with Crippen molar-refractivity contribution in [2.75, 3.05) is 61.6 Å². The Morgan fingerprint density at radius 3 is 2.65 bits per heavy atom. The lowest BCUT2D eigenvalue weighted by atomic mass is 10.2. The van der Waals surface area contributed by atoms with E-state index < -0.39 is 0 Å². The first-order valence-corrected chi connectivity index (χ1v) is 10.9. The summed E-state index contributed by atoms with van der Waals surface area (Å²) in [5.74, 6) is 2.34. The van der Waals surface area contributed by atoms with Gasteiger partial charge in [-0.1, -0.05) is 19.4 Å². The molecule has 1 aliphatic heterocycles. The molecule has 0 radical (unpaired) electrons. The molecule has 3 N–H and O–H groups in total. The van der Waals surface area contributed by atoms with Crippen LogP contribution in [0.2, 0.25) is 0 Å². The van der Waals surface area contributed by atoms with Crippen LogP contribution in [-0.2, 0) is 17.8 Å². The van der Waals surface area contributed by atoms with Crippen LogP contribution in [0.5, 0.6) is 0 Å². The van der Waals surface area contributed by atoms with Crippen molar-refractivity contribution in [1.29, 1.82) is 0 Å². The minimum Gasteiger partial charge on any atom is -0.383 e. The summed E-state index contributed by atoms with van der Waals surface area (Å²) >= 11 is 0. The van der Waals surface area contributed by atoms with Gasteiger partial charge in [-0.2, -0.15) is 9.97 Å². The molecule has 9 heteroatoms. The maximum Gasteiger partial charge on any atom is 0.233 e. The van der Waals surface area contributed by atoms with E-state index in [0.717, 1.165) is 50.3 Å². The van der Waals surface area contributed by atoms with Crippen LogP contribution in [0.3, 0.4) is 0 Å². The second-order valence-corrected chi connectivity index (χ2v) is 8.27. The lowest BCUT2D eigenvalue weighted by Gasteiger charge is -2.20. The zero-order valence-electron chi connectivity index (χ0n) is 19.1. The van der Waals surface area contributed by atoms with Crippen LogP contribution in [0.15, 0.2) is 18.3 Å². The molecule has 0 aliphatic carbocycles. The molecule has 31 heavy (non-hydrogen) atoms. The van der Waals surface area contributed by atoms with E-state index in [1.54, 1.807) is 4.90 Å². The first-order valence-electron chi connectivity index (χ1n) is 10.9. The Labute approximate surface area is 184 Å². The van der Waals surface area contributed by atoms with E-state index in [-0.39, 0.29) is 12.3 Å². The highest BCUT2D eigenvalue weighted by Gasteiger charge is 2.32. The van der Waals surface area contributed by atoms with Crippen LogP contribution in [-0.4, -0.2) is 66.5 Å². The topological polar surface area (TPSA) is 104 Å². The number of hydrogen-bond donors (Lipinski definition) is 2. The molecule has 3 rings (SSSR count). The van der Waals surface area contributed by atoms with Crippen molar-refractivity contribution in [3.63, 3.8) is 0 Å². The van der Waals surface area contributed by atoms with E-state index in [1.165, 1.54) is 0 Å². The van der Waals surface area contributed by atoms with Crippen LogP contribution >= 0.6 is 0 Å². The third-order valence-electron chi connectivity index (χ3n) is 5.36. The van der Waals surface area contributed by atoms with Gasteiger partial charge in [-0.25, -0.2) is 4.98 Å². The largest absolute Gasteiger partial charge is 0.383 e. The van der Waals surface area contributed by atoms with Crippen molar-refractivity contribution in [3.05, 3.63) is 29.5 Å². The highest BCUT2D eigenvalue weighted by atomic mass is 16.2. The van der Waals surface area contributed by atoms with E-state index in [0.29, 0.717) is 29.7 Å². The maximum atomic E-state index is 12.7. The Kier molecular flexibility index (Phi) is 7.62. The minimum atomic E-state index is -0.0217. The number of fused-ring (bicyclic) bond motifs is 1. The van der Waals surface area contributed by atoms with Crippen LogP contribution in [0.4, 0.5) is 23.4 Å². The highest BCUT2D eigenvalue weighted by Crippen LogP contribution is 2.32. The van der Waals surface area contributed by atoms with Gasteiger partial charge in [0.05, 0.1) is 13.0 Å². The van der Waals surface area contributed by atoms with Gasteiger partial charge < -0.3 is 20.9 Å². The molecule has 0 spiro atoms. The zero-order valence-corrected chi connectivity index (χ0v) is 19.1. The number of anilines is 4. The van der Waals surface area contributed by atoms with Gasteiger partial charge in [-0.3, -0.25) is 9.69 Å². The highest BCUT2D eigenvalue weighted by molar-refractivity contribution is 6.01. The fourth-order valence-corrected chi connectivity index (χ4v) is 3.52. The van der Waals surface area contributed by atoms with Gasteiger partial charge in [-0.15, -0.1) is 0 Å². The maximum absolute atomic E-state index is 12.7. The Morgan fingerprint density at radius 1 is 1.16 bits per heavy atom. The number of aromatic nitrogens is 3. The second-order valence-electron chi connectivity index (χ2n) is 8.27. The number of nitrogens with one attached hydrogen (secondary N) is 1. The summed E-state index contributed by atoms with van der Waals surface area (Å²) in [6.45, 7) is 5.29. The Balaban J connectivity index is 1.68. The van der Waals surface area contributed by atoms with Gasteiger partial charge in [0.1, 0.15) is 17.5 Å². The van der Waals surface area contributed by atoms with Gasteiger partial charge in [-0.05, 0) is 45.1 Å². The molecule has 0 unspecified atom stereocenters. The van der Waals surface area contributed by atoms with E-state index >= 15 is 0 Å². The number of hydrogen-bond acceptors (Lipinski definition) is 8. The van der Waals surface area contributed by atoms with Crippen LogP contribution in [0.1, 0.15) is 37.3 Å². The summed E-state index contributed by atoms with van der Waals surface area (Å²) in [7, 11) is 6.20. The van der Waals surface area contributed by atoms with E-state index in [4.69, 9.17) is 5.73 Å². The summed E-state index contributed by atoms with van der Waals surface area (Å²) in [4.78, 5) is 32.1. The Morgan fingerprint density at radius 2 is 1.97 bits per heavy atom. The monoisotopic (exact) mass is 426 g/mol. The van der Waals surface area contributed by atoms with E-state index in [1.807, 2.05) is 25.4 Å². The molecule has 0 bridgehead atoms. The van der Waals surface area contributed by atoms with Crippen molar-refractivity contribution in [2.45, 2.75) is 39.2 Å². The average molecular weight is 427 g/mol. The number of rotatable bonds is 11. The normalized spacial score (nSPS) is 13.1. The zero-order chi connectivity index (χ0) is 22.4. The molecule has 0 fully saturated rings. The lowest BCUT2D eigenvalue weighted by molar-refractivity contribution is -0.117. The van der Waals surface area contributed by atoms with E-state index in [2.05, 4.69) is 51.1 Å². The number of pyridine rings is 1. The molecule has 9 nitrogen and oxygen atoms in total. The summed E-state index contributed by atoms with van der Waals surface area (Å²) in [5.41, 5.74) is 7.77. The molecule has 1 aliphatic rings. The van der Waals surface area contributed by atoms with Crippen molar-refractivity contribution < 1.29 is 4.79 Å².